The molecule has 2 unspecified atom stereocenters. The van der Waals surface area contributed by atoms with Crippen LogP contribution < -0.4 is 0 Å². The van der Waals surface area contributed by atoms with Crippen molar-refractivity contribution in [3.05, 3.63) is 35.4 Å². The highest BCUT2D eigenvalue weighted by atomic mass is 16.6. The number of ether oxygens (including phenoxy) is 2. The van der Waals surface area contributed by atoms with Gasteiger partial charge in [0.1, 0.15) is 0 Å². The van der Waals surface area contributed by atoms with E-state index in [1.54, 1.807) is 0 Å². The molecule has 0 fully saturated rings. The third kappa shape index (κ3) is 5.83. The van der Waals surface area contributed by atoms with Crippen LogP contribution in [0.3, 0.4) is 0 Å². The van der Waals surface area contributed by atoms with E-state index in [4.69, 9.17) is 9.47 Å². The average Bonchev–Trinajstić information content (AvgIpc) is 2.47. The Labute approximate surface area is 129 Å². The molecule has 0 heterocycles. The lowest BCUT2D eigenvalue weighted by molar-refractivity contribution is -0.0689. The van der Waals surface area contributed by atoms with Crippen molar-refractivity contribution in [2.75, 3.05) is 0 Å². The molecule has 2 atom stereocenters. The summed E-state index contributed by atoms with van der Waals surface area (Å²) in [6, 6.07) is 5.76. The molecule has 0 aliphatic rings. The van der Waals surface area contributed by atoms with Gasteiger partial charge in [-0.3, -0.25) is 0 Å². The van der Waals surface area contributed by atoms with E-state index in [0.29, 0.717) is 25.7 Å². The largest absolute Gasteiger partial charge is 0.432 e. The van der Waals surface area contributed by atoms with Crippen LogP contribution in [0.5, 0.6) is 0 Å². The van der Waals surface area contributed by atoms with Crippen LogP contribution in [0.15, 0.2) is 24.3 Å². The fourth-order valence-electron chi connectivity index (χ4n) is 1.77. The molecule has 1 aromatic rings. The molecule has 0 saturated carbocycles. The summed E-state index contributed by atoms with van der Waals surface area (Å²) in [5, 5.41) is 18.9. The van der Waals surface area contributed by atoms with Crippen LogP contribution in [0.1, 0.15) is 60.2 Å². The first-order chi connectivity index (χ1) is 10.5. The SMILES string of the molecule is CCCC(O)OC(=O)c1cccc(C(=O)OC(O)CCC)c1. The molecule has 122 valence electrons. The molecule has 0 aromatic heterocycles. The maximum Gasteiger partial charge on any atom is 0.340 e. The number of rotatable bonds is 8. The van der Waals surface area contributed by atoms with Gasteiger partial charge in [-0.25, -0.2) is 9.59 Å². The smallest absolute Gasteiger partial charge is 0.340 e. The van der Waals surface area contributed by atoms with E-state index in [1.807, 2.05) is 13.8 Å². The predicted octanol–water partition coefficient (Wildman–Crippen LogP) is 2.24. The highest BCUT2D eigenvalue weighted by molar-refractivity contribution is 5.95. The normalized spacial score (nSPS) is 13.3. The van der Waals surface area contributed by atoms with Gasteiger partial charge in [0.15, 0.2) is 0 Å². The second-order valence-corrected chi connectivity index (χ2v) is 4.88. The summed E-state index contributed by atoms with van der Waals surface area (Å²) < 4.78 is 9.69. The number of esters is 2. The summed E-state index contributed by atoms with van der Waals surface area (Å²) in [4.78, 5) is 23.7. The standard InChI is InChI=1S/C16H22O6/c1-3-6-13(17)21-15(19)11-8-5-9-12(10-11)16(20)22-14(18)7-4-2/h5,8-10,13-14,17-18H,3-4,6-7H2,1-2H3. The molecule has 0 aliphatic carbocycles. The monoisotopic (exact) mass is 310 g/mol. The zero-order valence-corrected chi connectivity index (χ0v) is 12.8. The maximum atomic E-state index is 11.8. The Bertz CT molecular complexity index is 458. The molecule has 1 aromatic carbocycles. The van der Waals surface area contributed by atoms with E-state index in [2.05, 4.69) is 0 Å². The van der Waals surface area contributed by atoms with Crippen molar-refractivity contribution >= 4 is 11.9 Å². The first-order valence-electron chi connectivity index (χ1n) is 7.36. The zero-order valence-electron chi connectivity index (χ0n) is 12.8. The van der Waals surface area contributed by atoms with Gasteiger partial charge in [-0.2, -0.15) is 0 Å². The fourth-order valence-corrected chi connectivity index (χ4v) is 1.77. The summed E-state index contributed by atoms with van der Waals surface area (Å²) in [6.07, 6.45) is -0.293. The van der Waals surface area contributed by atoms with Crippen molar-refractivity contribution in [1.82, 2.24) is 0 Å². The number of carbonyl (C=O) groups is 2. The second kappa shape index (κ2) is 9.17. The van der Waals surface area contributed by atoms with Crippen LogP contribution in [0.4, 0.5) is 0 Å². The molecule has 0 saturated heterocycles. The molecule has 0 aliphatic heterocycles. The molecule has 6 heteroatoms. The topological polar surface area (TPSA) is 93.1 Å². The zero-order chi connectivity index (χ0) is 16.5. The Hall–Kier alpha value is -1.92. The Morgan fingerprint density at radius 2 is 1.36 bits per heavy atom. The summed E-state index contributed by atoms with van der Waals surface area (Å²) in [6.45, 7) is 3.71. The van der Waals surface area contributed by atoms with Crippen LogP contribution in [0.25, 0.3) is 0 Å². The molecule has 2 N–H and O–H groups in total. The first-order valence-corrected chi connectivity index (χ1v) is 7.36. The van der Waals surface area contributed by atoms with Crippen LogP contribution in [-0.2, 0) is 9.47 Å². The van der Waals surface area contributed by atoms with Gasteiger partial charge in [0.2, 0.25) is 12.6 Å². The van der Waals surface area contributed by atoms with E-state index >= 15 is 0 Å². The number of aliphatic hydroxyl groups is 2. The maximum absolute atomic E-state index is 11.8. The van der Waals surface area contributed by atoms with Gasteiger partial charge < -0.3 is 19.7 Å². The molecule has 0 radical (unpaired) electrons. The quantitative estimate of drug-likeness (QED) is 0.565. The van der Waals surface area contributed by atoms with Gasteiger partial charge in [0, 0.05) is 12.8 Å². The van der Waals surface area contributed by atoms with Gasteiger partial charge in [-0.05, 0) is 18.2 Å². The number of hydrogen-bond donors (Lipinski definition) is 2. The molecule has 6 nitrogen and oxygen atoms in total. The Balaban J connectivity index is 2.72. The summed E-state index contributed by atoms with van der Waals surface area (Å²) in [5.74, 6) is -1.44. The molecule has 0 spiro atoms. The summed E-state index contributed by atoms with van der Waals surface area (Å²) in [5.41, 5.74) is 0.268. The van der Waals surface area contributed by atoms with Gasteiger partial charge in [0.25, 0.3) is 0 Å². The number of benzene rings is 1. The number of aliphatic hydroxyl groups excluding tert-OH is 2. The third-order valence-corrected chi connectivity index (χ3v) is 2.89. The second-order valence-electron chi connectivity index (χ2n) is 4.88. The first kappa shape index (κ1) is 18.1. The van der Waals surface area contributed by atoms with E-state index in [1.165, 1.54) is 24.3 Å². The Morgan fingerprint density at radius 3 is 1.73 bits per heavy atom. The fraction of sp³-hybridized carbons (Fsp3) is 0.500. The van der Waals surface area contributed by atoms with Crippen molar-refractivity contribution < 1.29 is 29.3 Å². The highest BCUT2D eigenvalue weighted by Gasteiger charge is 2.17. The van der Waals surface area contributed by atoms with E-state index < -0.39 is 24.5 Å². The van der Waals surface area contributed by atoms with Gasteiger partial charge >= 0.3 is 11.9 Å². The van der Waals surface area contributed by atoms with Crippen molar-refractivity contribution in [2.45, 2.75) is 52.1 Å². The lowest BCUT2D eigenvalue weighted by Crippen LogP contribution is -2.19. The van der Waals surface area contributed by atoms with Crippen LogP contribution >= 0.6 is 0 Å². The minimum atomic E-state index is -1.17. The van der Waals surface area contributed by atoms with Crippen molar-refractivity contribution in [1.29, 1.82) is 0 Å². The van der Waals surface area contributed by atoms with Crippen LogP contribution in [0.2, 0.25) is 0 Å². The molecule has 22 heavy (non-hydrogen) atoms. The van der Waals surface area contributed by atoms with E-state index in [9.17, 15) is 19.8 Å². The average molecular weight is 310 g/mol. The van der Waals surface area contributed by atoms with Crippen molar-refractivity contribution in [3.63, 3.8) is 0 Å². The molecule has 0 bridgehead atoms. The molecule has 1 rings (SSSR count). The van der Waals surface area contributed by atoms with Crippen LogP contribution in [-0.4, -0.2) is 34.7 Å². The molecule has 0 amide bonds. The number of hydrogen-bond acceptors (Lipinski definition) is 6. The molecular weight excluding hydrogens is 288 g/mol. The third-order valence-electron chi connectivity index (χ3n) is 2.89. The van der Waals surface area contributed by atoms with E-state index in [0.717, 1.165) is 0 Å². The Kier molecular flexibility index (Phi) is 7.56. The Morgan fingerprint density at radius 1 is 0.955 bits per heavy atom. The highest BCUT2D eigenvalue weighted by Crippen LogP contribution is 2.12. The predicted molar refractivity (Wildman–Crippen MR) is 79.1 cm³/mol. The summed E-state index contributed by atoms with van der Waals surface area (Å²) in [7, 11) is 0. The van der Waals surface area contributed by atoms with Gasteiger partial charge in [-0.1, -0.05) is 32.8 Å². The lowest BCUT2D eigenvalue weighted by atomic mass is 10.1. The van der Waals surface area contributed by atoms with Crippen LogP contribution in [0, 0.1) is 0 Å². The minimum absolute atomic E-state index is 0.134. The van der Waals surface area contributed by atoms with E-state index in [-0.39, 0.29) is 11.1 Å². The van der Waals surface area contributed by atoms with Crippen molar-refractivity contribution in [3.8, 4) is 0 Å². The number of carbonyl (C=O) groups excluding carboxylic acids is 2. The lowest BCUT2D eigenvalue weighted by Gasteiger charge is -2.12. The van der Waals surface area contributed by atoms with Gasteiger partial charge in [-0.15, -0.1) is 0 Å². The molecular formula is C16H22O6. The minimum Gasteiger partial charge on any atom is -0.432 e. The van der Waals surface area contributed by atoms with Gasteiger partial charge in [0.05, 0.1) is 11.1 Å². The van der Waals surface area contributed by atoms with Crippen molar-refractivity contribution in [2.24, 2.45) is 0 Å². The summed E-state index contributed by atoms with van der Waals surface area (Å²) >= 11 is 0.